The van der Waals surface area contributed by atoms with Gasteiger partial charge in [-0.05, 0) is 62.4 Å². The minimum Gasteiger partial charge on any atom is -0.491 e. The van der Waals surface area contributed by atoms with Crippen molar-refractivity contribution in [3.63, 3.8) is 0 Å². The van der Waals surface area contributed by atoms with Gasteiger partial charge in [0.05, 0.1) is 10.5 Å². The second-order valence-corrected chi connectivity index (χ2v) is 5.71. The highest BCUT2D eigenvalue weighted by Crippen LogP contribution is 2.25. The Balaban J connectivity index is 1.97. The highest BCUT2D eigenvalue weighted by Gasteiger charge is 2.02. The van der Waals surface area contributed by atoms with E-state index in [9.17, 15) is 4.79 Å². The van der Waals surface area contributed by atoms with Crippen molar-refractivity contribution < 1.29 is 14.3 Å². The number of carbonyl (C=O) groups excluding carboxylic acids is 1. The van der Waals surface area contributed by atoms with E-state index in [1.165, 1.54) is 0 Å². The molecule has 2 aromatic carbocycles. The summed E-state index contributed by atoms with van der Waals surface area (Å²) >= 11 is 2.02. The first-order valence-electron chi connectivity index (χ1n) is 6.97. The molecule has 0 unspecified atom stereocenters. The van der Waals surface area contributed by atoms with Crippen molar-refractivity contribution in [2.24, 2.45) is 0 Å². The van der Waals surface area contributed by atoms with E-state index < -0.39 is 0 Å². The van der Waals surface area contributed by atoms with Crippen molar-refractivity contribution in [2.75, 3.05) is 9.74 Å². The zero-order valence-corrected chi connectivity index (χ0v) is 14.7. The molecule has 1 amide bonds. The van der Waals surface area contributed by atoms with Gasteiger partial charge in [0.2, 0.25) is 5.91 Å². The van der Waals surface area contributed by atoms with Crippen LogP contribution in [0.5, 0.6) is 17.2 Å². The summed E-state index contributed by atoms with van der Waals surface area (Å²) in [5, 5.41) is 2.79. The number of amides is 1. The van der Waals surface area contributed by atoms with Crippen LogP contribution in [-0.4, -0.2) is 16.4 Å². The zero-order chi connectivity index (χ0) is 15.9. The molecule has 0 aromatic heterocycles. The van der Waals surface area contributed by atoms with Crippen molar-refractivity contribution in [2.45, 2.75) is 20.0 Å². The van der Waals surface area contributed by atoms with E-state index in [4.69, 9.17) is 9.47 Å². The average Bonchev–Trinajstić information content (AvgIpc) is 2.50. The maximum atomic E-state index is 11.3. The van der Waals surface area contributed by atoms with E-state index in [0.29, 0.717) is 10.2 Å². The van der Waals surface area contributed by atoms with Gasteiger partial charge in [0.15, 0.2) is 0 Å². The second-order valence-electron chi connectivity index (χ2n) is 4.95. The number of carbonyl (C=O) groups is 1. The van der Waals surface area contributed by atoms with Crippen LogP contribution in [0.15, 0.2) is 48.5 Å². The molecule has 116 valence electrons. The van der Waals surface area contributed by atoms with E-state index in [-0.39, 0.29) is 12.0 Å². The molecule has 0 aliphatic rings. The molecule has 2 aromatic rings. The van der Waals surface area contributed by atoms with Crippen LogP contribution in [0.4, 0.5) is 5.69 Å². The fourth-order valence-corrected chi connectivity index (χ4v) is 1.99. The second kappa shape index (κ2) is 8.03. The summed E-state index contributed by atoms with van der Waals surface area (Å²) in [5.41, 5.74) is 0.759. The van der Waals surface area contributed by atoms with Crippen LogP contribution in [0.1, 0.15) is 13.8 Å². The molecule has 0 saturated heterocycles. The summed E-state index contributed by atoms with van der Waals surface area (Å²) in [6.07, 6.45) is 0.150. The van der Waals surface area contributed by atoms with Gasteiger partial charge in [-0.3, -0.25) is 4.79 Å². The molecule has 4 nitrogen and oxygen atoms in total. The van der Waals surface area contributed by atoms with Crippen LogP contribution in [0.3, 0.4) is 0 Å². The SMILES string of the molecule is CC(C)Oc1ccc(Oc2ccc(NC(=O)CI)cc2)cc1. The molecule has 1 N–H and O–H groups in total. The first-order valence-corrected chi connectivity index (χ1v) is 8.50. The van der Waals surface area contributed by atoms with E-state index in [1.54, 1.807) is 0 Å². The fourth-order valence-electron chi connectivity index (χ4n) is 1.80. The Morgan fingerprint density at radius 1 is 1.00 bits per heavy atom. The molecule has 0 atom stereocenters. The molecule has 0 fully saturated rings. The van der Waals surface area contributed by atoms with Gasteiger partial charge in [-0.15, -0.1) is 0 Å². The number of halogens is 1. The molecule has 2 rings (SSSR count). The molecular weight excluding hydrogens is 393 g/mol. The van der Waals surface area contributed by atoms with Gasteiger partial charge in [-0.25, -0.2) is 0 Å². The Kier molecular flexibility index (Phi) is 6.06. The molecule has 0 spiro atoms. The lowest BCUT2D eigenvalue weighted by Crippen LogP contribution is -2.11. The maximum Gasteiger partial charge on any atom is 0.234 e. The number of hydrogen-bond donors (Lipinski definition) is 1. The Hall–Kier alpha value is -1.76. The topological polar surface area (TPSA) is 47.6 Å². The number of hydrogen-bond acceptors (Lipinski definition) is 3. The molecule has 0 bridgehead atoms. The van der Waals surface area contributed by atoms with Gasteiger partial charge in [0, 0.05) is 5.69 Å². The summed E-state index contributed by atoms with van der Waals surface area (Å²) < 4.78 is 11.8. The van der Waals surface area contributed by atoms with E-state index >= 15 is 0 Å². The fraction of sp³-hybridized carbons (Fsp3) is 0.235. The number of ether oxygens (including phenoxy) is 2. The minimum absolute atomic E-state index is 0.0185. The Bertz CT molecular complexity index is 609. The summed E-state index contributed by atoms with van der Waals surface area (Å²) in [4.78, 5) is 11.3. The van der Waals surface area contributed by atoms with Gasteiger partial charge in [-0.2, -0.15) is 0 Å². The van der Waals surface area contributed by atoms with Gasteiger partial charge >= 0.3 is 0 Å². The summed E-state index contributed by atoms with van der Waals surface area (Å²) in [6, 6.07) is 14.8. The van der Waals surface area contributed by atoms with Crippen LogP contribution in [0.25, 0.3) is 0 Å². The number of alkyl halides is 1. The first-order chi connectivity index (χ1) is 10.6. The van der Waals surface area contributed by atoms with Crippen molar-refractivity contribution in [3.05, 3.63) is 48.5 Å². The standard InChI is InChI=1S/C17H18INO3/c1-12(2)21-14-7-9-16(10-8-14)22-15-5-3-13(4-6-15)19-17(20)11-18/h3-10,12H,11H2,1-2H3,(H,19,20). The van der Waals surface area contributed by atoms with Gasteiger partial charge in [0.1, 0.15) is 17.2 Å². The van der Waals surface area contributed by atoms with Crippen LogP contribution in [-0.2, 0) is 4.79 Å². The number of rotatable bonds is 6. The lowest BCUT2D eigenvalue weighted by molar-refractivity contribution is -0.113. The third kappa shape index (κ3) is 5.22. The molecule has 0 aliphatic carbocycles. The molecule has 0 saturated carbocycles. The molecule has 0 radical (unpaired) electrons. The van der Waals surface area contributed by atoms with E-state index in [0.717, 1.165) is 17.2 Å². The van der Waals surface area contributed by atoms with Gasteiger partial charge < -0.3 is 14.8 Å². The minimum atomic E-state index is -0.0185. The predicted molar refractivity (Wildman–Crippen MR) is 96.2 cm³/mol. The molecule has 0 heterocycles. The first kappa shape index (κ1) is 16.6. The smallest absolute Gasteiger partial charge is 0.234 e. The maximum absolute atomic E-state index is 11.3. The summed E-state index contributed by atoms with van der Waals surface area (Å²) in [7, 11) is 0. The monoisotopic (exact) mass is 411 g/mol. The van der Waals surface area contributed by atoms with Crippen molar-refractivity contribution in [1.82, 2.24) is 0 Å². The average molecular weight is 411 g/mol. The van der Waals surface area contributed by atoms with Crippen LogP contribution in [0, 0.1) is 0 Å². The van der Waals surface area contributed by atoms with Crippen LogP contribution in [0.2, 0.25) is 0 Å². The largest absolute Gasteiger partial charge is 0.491 e. The van der Waals surface area contributed by atoms with Crippen molar-refractivity contribution in [1.29, 1.82) is 0 Å². The lowest BCUT2D eigenvalue weighted by Gasteiger charge is -2.11. The zero-order valence-electron chi connectivity index (χ0n) is 12.5. The third-order valence-corrected chi connectivity index (χ3v) is 3.38. The van der Waals surface area contributed by atoms with Crippen LogP contribution >= 0.6 is 22.6 Å². The Morgan fingerprint density at radius 2 is 1.50 bits per heavy atom. The summed E-state index contributed by atoms with van der Waals surface area (Å²) in [5.74, 6) is 2.25. The lowest BCUT2D eigenvalue weighted by atomic mass is 10.3. The molecule has 0 aliphatic heterocycles. The third-order valence-electron chi connectivity index (χ3n) is 2.69. The quantitative estimate of drug-likeness (QED) is 0.557. The highest BCUT2D eigenvalue weighted by atomic mass is 127. The predicted octanol–water partition coefficient (Wildman–Crippen LogP) is 4.64. The Labute approximate surface area is 144 Å². The highest BCUT2D eigenvalue weighted by molar-refractivity contribution is 14.1. The number of benzene rings is 2. The number of nitrogens with one attached hydrogen (secondary N) is 1. The number of anilines is 1. The van der Waals surface area contributed by atoms with Crippen LogP contribution < -0.4 is 14.8 Å². The molecule has 22 heavy (non-hydrogen) atoms. The normalized spacial score (nSPS) is 10.4. The van der Waals surface area contributed by atoms with E-state index in [1.807, 2.05) is 85.0 Å². The van der Waals surface area contributed by atoms with Crippen molar-refractivity contribution in [3.8, 4) is 17.2 Å². The van der Waals surface area contributed by atoms with E-state index in [2.05, 4.69) is 5.32 Å². The molecule has 5 heteroatoms. The van der Waals surface area contributed by atoms with Crippen molar-refractivity contribution >= 4 is 34.2 Å². The summed E-state index contributed by atoms with van der Waals surface area (Å²) in [6.45, 7) is 3.98. The Morgan fingerprint density at radius 3 is 2.00 bits per heavy atom. The molecular formula is C17H18INO3. The van der Waals surface area contributed by atoms with Gasteiger partial charge in [-0.1, -0.05) is 22.6 Å². The van der Waals surface area contributed by atoms with Gasteiger partial charge in [0.25, 0.3) is 0 Å².